The topological polar surface area (TPSA) is 152 Å². The summed E-state index contributed by atoms with van der Waals surface area (Å²) in [5, 5.41) is 17.2. The highest BCUT2D eigenvalue weighted by molar-refractivity contribution is 8.77. The van der Waals surface area contributed by atoms with Gasteiger partial charge in [-0.05, 0) is 83.1 Å². The average Bonchev–Trinajstić information content (AvgIpc) is 3.47. The summed E-state index contributed by atoms with van der Waals surface area (Å²) in [6.07, 6.45) is 11.2. The molecule has 5 saturated heterocycles. The summed E-state index contributed by atoms with van der Waals surface area (Å²) in [6, 6.07) is 0.712. The van der Waals surface area contributed by atoms with E-state index in [-0.39, 0.29) is 73.0 Å². The van der Waals surface area contributed by atoms with Crippen LogP contribution in [0.15, 0.2) is 23.3 Å². The summed E-state index contributed by atoms with van der Waals surface area (Å²) in [7, 11) is 5.92. The van der Waals surface area contributed by atoms with E-state index >= 15 is 0 Å². The van der Waals surface area contributed by atoms with Crippen LogP contribution in [0.2, 0.25) is 0 Å². The molecule has 5 heterocycles. The zero-order valence-electron chi connectivity index (χ0n) is 30.9. The average molecular weight is 759 g/mol. The molecule has 2 saturated carbocycles. The smallest absolute Gasteiger partial charge is 0.334 e. The Kier molecular flexibility index (Phi) is 10.6. The minimum atomic E-state index is -1.01. The monoisotopic (exact) mass is 758 g/mol. The molecule has 0 aromatic carbocycles. The van der Waals surface area contributed by atoms with Gasteiger partial charge >= 0.3 is 11.9 Å². The van der Waals surface area contributed by atoms with Crippen LogP contribution in [0.3, 0.4) is 0 Å². The second kappa shape index (κ2) is 14.8. The van der Waals surface area contributed by atoms with Gasteiger partial charge in [0, 0.05) is 86.3 Å². The number of rotatable bonds is 5. The fourth-order valence-electron chi connectivity index (χ4n) is 11.8. The third-order valence-electron chi connectivity index (χ3n) is 14.5. The molecule has 0 aromatic rings. The van der Waals surface area contributed by atoms with Gasteiger partial charge in [0.1, 0.15) is 17.3 Å². The highest BCUT2D eigenvalue weighted by atomic mass is 33.1. The molecule has 8 rings (SSSR count). The van der Waals surface area contributed by atoms with Gasteiger partial charge < -0.3 is 40.6 Å². The molecule has 5 aliphatic heterocycles. The van der Waals surface area contributed by atoms with Crippen molar-refractivity contribution in [3.63, 3.8) is 0 Å². The quantitative estimate of drug-likeness (QED) is 0.140. The summed E-state index contributed by atoms with van der Waals surface area (Å²) in [5.74, 6) is 1.47. The molecule has 288 valence electrons. The van der Waals surface area contributed by atoms with Crippen molar-refractivity contribution >= 4 is 39.4 Å². The lowest BCUT2D eigenvalue weighted by Crippen LogP contribution is -2.70. The van der Waals surface area contributed by atoms with Crippen LogP contribution in [0.1, 0.15) is 84.5 Å². The second-order valence-corrected chi connectivity index (χ2v) is 19.7. The van der Waals surface area contributed by atoms with E-state index in [9.17, 15) is 19.5 Å². The number of carbonyl (C=O) groups excluding carboxylic acids is 3. The number of carbonyl (C=O) groups is 3. The van der Waals surface area contributed by atoms with Gasteiger partial charge in [-0.2, -0.15) is 0 Å². The lowest BCUT2D eigenvalue weighted by atomic mass is 9.56. The van der Waals surface area contributed by atoms with E-state index in [0.29, 0.717) is 67.3 Å². The van der Waals surface area contributed by atoms with Crippen molar-refractivity contribution in [2.75, 3.05) is 32.5 Å². The van der Waals surface area contributed by atoms with Gasteiger partial charge in [-0.25, -0.2) is 4.79 Å². The highest BCUT2D eigenvalue weighted by Crippen LogP contribution is 2.62. The van der Waals surface area contributed by atoms with Crippen molar-refractivity contribution in [3.8, 4) is 0 Å². The number of ether oxygens (including phenoxy) is 3. The Morgan fingerprint density at radius 2 is 2.02 bits per heavy atom. The van der Waals surface area contributed by atoms with Gasteiger partial charge in [-0.1, -0.05) is 39.3 Å². The Labute approximate surface area is 316 Å². The summed E-state index contributed by atoms with van der Waals surface area (Å²) in [6.45, 7) is 5.18. The van der Waals surface area contributed by atoms with E-state index in [0.717, 1.165) is 44.4 Å². The van der Waals surface area contributed by atoms with Crippen molar-refractivity contribution in [3.05, 3.63) is 23.3 Å². The Morgan fingerprint density at radius 3 is 2.81 bits per heavy atom. The van der Waals surface area contributed by atoms with Crippen LogP contribution in [-0.4, -0.2) is 107 Å². The molecule has 8 aliphatic rings. The van der Waals surface area contributed by atoms with Gasteiger partial charge in [-0.3, -0.25) is 9.59 Å². The standard InChI is InChI=1S/C39H58N4O7S2/c1-4-21(10-12-44)37(47)50-38(2)11-9-23-20-51-52-31-7-6-28(41-3)27-19-43(36(27)31)33(45)14-25-18-42-32(40)15-26(25)35(23)39(38)17-24-13-22-5-8-34(46)48-29(22)16-30(24)49-39/h4,9,22,24-32,35-36,41-42,44H,5-8,10-20,40H2,1-3H3/t22?,24?,25?,26?,27-,28+,29?,30?,31+,32?,35+,36+,38-,39-/m0/s1. The Bertz CT molecular complexity index is 1480. The number of aliphatic hydroxyl groups excluding tert-OH is 1. The maximum absolute atomic E-state index is 14.4. The number of hydrogen-bond donors (Lipinski definition) is 4. The van der Waals surface area contributed by atoms with E-state index in [4.69, 9.17) is 19.9 Å². The predicted octanol–water partition coefficient (Wildman–Crippen LogP) is 3.70. The third kappa shape index (κ3) is 6.39. The molecular formula is C39H58N4O7S2. The number of allylic oxidation sites excluding steroid dienone is 1. The zero-order valence-corrected chi connectivity index (χ0v) is 32.6. The van der Waals surface area contributed by atoms with Gasteiger partial charge in [0.25, 0.3) is 0 Å². The number of aliphatic hydroxyl groups is 1. The minimum absolute atomic E-state index is 0.0259. The van der Waals surface area contributed by atoms with E-state index in [2.05, 4.69) is 35.6 Å². The molecule has 7 fully saturated rings. The zero-order chi connectivity index (χ0) is 36.4. The summed E-state index contributed by atoms with van der Waals surface area (Å²) in [4.78, 5) is 42.9. The number of piperidine rings is 1. The summed E-state index contributed by atoms with van der Waals surface area (Å²) < 4.78 is 20.2. The maximum atomic E-state index is 14.4. The molecule has 1 amide bonds. The number of nitrogens with zero attached hydrogens (tertiary/aromatic N) is 1. The van der Waals surface area contributed by atoms with Crippen LogP contribution in [0.25, 0.3) is 0 Å². The number of nitrogens with one attached hydrogen (secondary N) is 2. The molecule has 7 unspecified atom stereocenters. The minimum Gasteiger partial charge on any atom is -0.462 e. The fraction of sp³-hybridized carbons (Fsp3) is 0.821. The molecule has 52 heavy (non-hydrogen) atoms. The Morgan fingerprint density at radius 1 is 1.17 bits per heavy atom. The van der Waals surface area contributed by atoms with Crippen molar-refractivity contribution in [1.82, 2.24) is 15.5 Å². The molecule has 11 nitrogen and oxygen atoms in total. The first-order chi connectivity index (χ1) is 25.1. The van der Waals surface area contributed by atoms with Crippen molar-refractivity contribution < 1.29 is 33.7 Å². The van der Waals surface area contributed by atoms with Crippen LogP contribution in [0, 0.1) is 35.5 Å². The van der Waals surface area contributed by atoms with Gasteiger partial charge in [0.15, 0.2) is 0 Å². The first kappa shape index (κ1) is 37.3. The van der Waals surface area contributed by atoms with Gasteiger partial charge in [0.05, 0.1) is 18.3 Å². The number of fused-ring (bicyclic) bond motifs is 6. The van der Waals surface area contributed by atoms with E-state index < -0.39 is 17.2 Å². The predicted molar refractivity (Wildman–Crippen MR) is 201 cm³/mol. The largest absolute Gasteiger partial charge is 0.462 e. The lowest BCUT2D eigenvalue weighted by Gasteiger charge is -2.59. The first-order valence-electron chi connectivity index (χ1n) is 19.9. The SMILES string of the molecule is CC=C(CCO)C(=O)O[C@@]1(C)CC=C2CSS[C@@H]3CC[C@@H](NC)[C@@H]4CN(C(=O)CC5CNC(N)CC5[C@@H]2[C@@]12CC1CC5CCC(=O)OC5CC1O2)[C@H]43. The number of nitrogens with two attached hydrogens (primary N) is 1. The highest BCUT2D eigenvalue weighted by Gasteiger charge is 2.68. The number of amides is 1. The molecule has 5 N–H and O–H groups in total. The van der Waals surface area contributed by atoms with E-state index in [1.807, 2.05) is 28.5 Å². The van der Waals surface area contributed by atoms with Crippen molar-refractivity contribution in [2.45, 2.75) is 131 Å². The van der Waals surface area contributed by atoms with Crippen LogP contribution in [-0.2, 0) is 28.6 Å². The van der Waals surface area contributed by atoms with Crippen molar-refractivity contribution in [1.29, 1.82) is 0 Å². The van der Waals surface area contributed by atoms with Crippen LogP contribution >= 0.6 is 21.6 Å². The Hall–Kier alpha value is -1.61. The third-order valence-corrected chi connectivity index (χ3v) is 17.4. The fourth-order valence-corrected chi connectivity index (χ4v) is 15.0. The molecule has 0 aromatic heterocycles. The van der Waals surface area contributed by atoms with Gasteiger partial charge in [-0.15, -0.1) is 0 Å². The molecular weight excluding hydrogens is 701 g/mol. The van der Waals surface area contributed by atoms with Crippen LogP contribution in [0.4, 0.5) is 0 Å². The van der Waals surface area contributed by atoms with E-state index in [1.54, 1.807) is 6.08 Å². The van der Waals surface area contributed by atoms with Crippen molar-refractivity contribution in [2.24, 2.45) is 41.2 Å². The number of esters is 2. The summed E-state index contributed by atoms with van der Waals surface area (Å²) >= 11 is 0. The maximum Gasteiger partial charge on any atom is 0.334 e. The lowest BCUT2D eigenvalue weighted by molar-refractivity contribution is -0.229. The second-order valence-electron chi connectivity index (χ2n) is 17.1. The molecule has 14 atom stereocenters. The molecule has 1 spiro atoms. The first-order valence-corrected chi connectivity index (χ1v) is 22.3. The molecule has 3 aliphatic carbocycles. The normalized spacial score (nSPS) is 46.1. The number of hydrogen-bond acceptors (Lipinski definition) is 12. The Balaban J connectivity index is 1.19. The van der Waals surface area contributed by atoms with Gasteiger partial charge in [0.2, 0.25) is 5.91 Å². The van der Waals surface area contributed by atoms with Crippen LogP contribution < -0.4 is 16.4 Å². The van der Waals surface area contributed by atoms with E-state index in [1.165, 1.54) is 5.57 Å². The molecule has 13 heteroatoms. The van der Waals surface area contributed by atoms with Crippen LogP contribution in [0.5, 0.6) is 0 Å². The summed E-state index contributed by atoms with van der Waals surface area (Å²) in [5.41, 5.74) is 6.64. The molecule has 0 radical (unpaired) electrons. The molecule has 0 bridgehead atoms.